The lowest BCUT2D eigenvalue weighted by Gasteiger charge is -2.41. The van der Waals surface area contributed by atoms with Gasteiger partial charge in [-0.25, -0.2) is 4.39 Å². The van der Waals surface area contributed by atoms with Crippen LogP contribution in [0.5, 0.6) is 0 Å². The first kappa shape index (κ1) is 36.9. The van der Waals surface area contributed by atoms with Gasteiger partial charge in [0.2, 0.25) is 0 Å². The number of carbonyl (C=O) groups is 2. The van der Waals surface area contributed by atoms with E-state index in [1.807, 2.05) is 77.1 Å². The Kier molecular flexibility index (Phi) is 11.6. The van der Waals surface area contributed by atoms with Crippen LogP contribution in [0.1, 0.15) is 95.5 Å². The maximum Gasteiger partial charge on any atom is 0.308 e. The van der Waals surface area contributed by atoms with E-state index in [0.717, 1.165) is 33.5 Å². The van der Waals surface area contributed by atoms with Gasteiger partial charge in [-0.2, -0.15) is 0 Å². The first-order valence-corrected chi connectivity index (χ1v) is 17.5. The van der Waals surface area contributed by atoms with Crippen LogP contribution in [0.15, 0.2) is 79.1 Å². The maximum atomic E-state index is 14.3. The molecule has 4 aromatic rings. The standard InChI is InChI=1S/C41H50FN3O5/c1-27(2)45-34(20-19-32-24-33(49-41(6,7)48-32)25-35(46)50-40(3,4)5)36(30-15-17-31(42)18-16-30)37(29-13-9-8-10-14-29)38(45)39(47)44-23-21-28-12-11-22-43-26-28/h8-18,22,26-27,32-33H,19-21,23-25H2,1-7H3,(H,44,47)/t32-,33-/m1/s1. The Labute approximate surface area is 295 Å². The highest BCUT2D eigenvalue weighted by Gasteiger charge is 2.38. The van der Waals surface area contributed by atoms with Crippen molar-refractivity contribution in [3.8, 4) is 22.3 Å². The van der Waals surface area contributed by atoms with E-state index in [9.17, 15) is 14.0 Å². The molecule has 1 N–H and O–H groups in total. The quantitative estimate of drug-likeness (QED) is 0.151. The lowest BCUT2D eigenvalue weighted by Crippen LogP contribution is -2.45. The van der Waals surface area contributed by atoms with Crippen molar-refractivity contribution in [1.29, 1.82) is 0 Å². The third-order valence-corrected chi connectivity index (χ3v) is 8.60. The summed E-state index contributed by atoms with van der Waals surface area (Å²) in [5.41, 5.74) is 5.37. The summed E-state index contributed by atoms with van der Waals surface area (Å²) in [5.74, 6) is -1.72. The van der Waals surface area contributed by atoms with Gasteiger partial charge in [-0.15, -0.1) is 0 Å². The van der Waals surface area contributed by atoms with Crippen LogP contribution in [0, 0.1) is 5.82 Å². The number of halogens is 1. The van der Waals surface area contributed by atoms with Crippen molar-refractivity contribution >= 4 is 11.9 Å². The summed E-state index contributed by atoms with van der Waals surface area (Å²) < 4.78 is 34.6. The summed E-state index contributed by atoms with van der Waals surface area (Å²) in [5, 5.41) is 3.18. The summed E-state index contributed by atoms with van der Waals surface area (Å²) >= 11 is 0. The molecule has 9 heteroatoms. The fourth-order valence-electron chi connectivity index (χ4n) is 6.83. The molecule has 8 nitrogen and oxygen atoms in total. The van der Waals surface area contributed by atoms with Gasteiger partial charge < -0.3 is 24.1 Å². The molecule has 0 radical (unpaired) electrons. The number of nitrogens with zero attached hydrogens (tertiary/aromatic N) is 2. The van der Waals surface area contributed by atoms with Gasteiger partial charge in [0.1, 0.15) is 17.1 Å². The Balaban J connectivity index is 1.54. The smallest absolute Gasteiger partial charge is 0.308 e. The van der Waals surface area contributed by atoms with Crippen molar-refractivity contribution in [2.24, 2.45) is 0 Å². The van der Waals surface area contributed by atoms with Gasteiger partial charge in [-0.05, 0) is 103 Å². The van der Waals surface area contributed by atoms with E-state index in [2.05, 4.69) is 28.7 Å². The molecule has 2 aromatic carbocycles. The number of benzene rings is 2. The van der Waals surface area contributed by atoms with Gasteiger partial charge in [0.05, 0.1) is 18.6 Å². The van der Waals surface area contributed by atoms with Crippen LogP contribution in [0.25, 0.3) is 22.3 Å². The SMILES string of the molecule is CC(C)n1c(CC[C@@H]2C[C@H](CC(=O)OC(C)(C)C)OC(C)(C)O2)c(-c2ccc(F)cc2)c(-c2ccccc2)c1C(=O)NCCc1cccnc1. The Morgan fingerprint density at radius 1 is 0.960 bits per heavy atom. The van der Waals surface area contributed by atoms with Crippen LogP contribution in [-0.4, -0.2) is 51.6 Å². The van der Waals surface area contributed by atoms with Crippen LogP contribution < -0.4 is 5.32 Å². The predicted molar refractivity (Wildman–Crippen MR) is 193 cm³/mol. The zero-order valence-electron chi connectivity index (χ0n) is 30.3. The predicted octanol–water partition coefficient (Wildman–Crippen LogP) is 8.48. The number of esters is 1. The second-order valence-corrected chi connectivity index (χ2v) is 14.7. The van der Waals surface area contributed by atoms with E-state index >= 15 is 0 Å². The van der Waals surface area contributed by atoms with Gasteiger partial charge in [-0.1, -0.05) is 48.5 Å². The third kappa shape index (κ3) is 9.46. The molecule has 0 bridgehead atoms. The number of ether oxygens (including phenoxy) is 3. The second kappa shape index (κ2) is 15.7. The zero-order chi connectivity index (χ0) is 36.1. The lowest BCUT2D eigenvalue weighted by atomic mass is 9.92. The van der Waals surface area contributed by atoms with E-state index in [1.165, 1.54) is 12.1 Å². The van der Waals surface area contributed by atoms with Crippen molar-refractivity contribution in [3.05, 3.63) is 102 Å². The van der Waals surface area contributed by atoms with E-state index in [0.29, 0.717) is 37.9 Å². The summed E-state index contributed by atoms with van der Waals surface area (Å²) in [7, 11) is 0. The van der Waals surface area contributed by atoms with Crippen molar-refractivity contribution < 1.29 is 28.2 Å². The fraction of sp³-hybridized carbons (Fsp3) is 0.439. The van der Waals surface area contributed by atoms with Crippen molar-refractivity contribution in [3.63, 3.8) is 0 Å². The molecule has 266 valence electrons. The molecule has 2 atom stereocenters. The molecule has 5 rings (SSSR count). The van der Waals surface area contributed by atoms with Gasteiger partial charge in [-0.3, -0.25) is 14.6 Å². The highest BCUT2D eigenvalue weighted by molar-refractivity contribution is 6.05. The monoisotopic (exact) mass is 683 g/mol. The van der Waals surface area contributed by atoms with E-state index in [4.69, 9.17) is 14.2 Å². The van der Waals surface area contributed by atoms with Crippen LogP contribution in [0.3, 0.4) is 0 Å². The number of pyridine rings is 1. The Hall–Kier alpha value is -4.34. The third-order valence-electron chi connectivity index (χ3n) is 8.60. The topological polar surface area (TPSA) is 91.7 Å². The first-order valence-electron chi connectivity index (χ1n) is 17.5. The number of rotatable bonds is 12. The molecule has 3 heterocycles. The number of carbonyl (C=O) groups excluding carboxylic acids is 2. The molecule has 1 fully saturated rings. The molecule has 50 heavy (non-hydrogen) atoms. The second-order valence-electron chi connectivity index (χ2n) is 14.7. The average Bonchev–Trinajstić information content (AvgIpc) is 3.39. The molecule has 1 amide bonds. The summed E-state index contributed by atoms with van der Waals surface area (Å²) in [6.07, 6.45) is 5.41. The van der Waals surface area contributed by atoms with E-state index in [-0.39, 0.29) is 42.4 Å². The molecular formula is C41H50FN3O5. The molecule has 0 aliphatic carbocycles. The van der Waals surface area contributed by atoms with Crippen LogP contribution >= 0.6 is 0 Å². The highest BCUT2D eigenvalue weighted by Crippen LogP contribution is 2.43. The Bertz CT molecular complexity index is 1740. The number of hydrogen-bond acceptors (Lipinski definition) is 6. The Morgan fingerprint density at radius 3 is 2.28 bits per heavy atom. The maximum absolute atomic E-state index is 14.3. The van der Waals surface area contributed by atoms with Gasteiger partial charge in [0.15, 0.2) is 5.79 Å². The van der Waals surface area contributed by atoms with Crippen molar-refractivity contribution in [2.75, 3.05) is 6.54 Å². The van der Waals surface area contributed by atoms with Crippen LogP contribution in [0.4, 0.5) is 4.39 Å². The summed E-state index contributed by atoms with van der Waals surface area (Å²) in [6.45, 7) is 13.9. The van der Waals surface area contributed by atoms with E-state index < -0.39 is 11.4 Å². The molecule has 0 spiro atoms. The molecule has 0 saturated carbocycles. The van der Waals surface area contributed by atoms with Crippen LogP contribution in [-0.2, 0) is 31.8 Å². The lowest BCUT2D eigenvalue weighted by molar-refractivity contribution is -0.300. The Morgan fingerprint density at radius 2 is 1.64 bits per heavy atom. The minimum Gasteiger partial charge on any atom is -0.460 e. The number of nitrogens with one attached hydrogen (secondary N) is 1. The number of hydrogen-bond donors (Lipinski definition) is 1. The molecule has 1 saturated heterocycles. The average molecular weight is 684 g/mol. The van der Waals surface area contributed by atoms with Gasteiger partial charge in [0, 0.05) is 48.2 Å². The van der Waals surface area contributed by atoms with Crippen molar-refractivity contribution in [1.82, 2.24) is 14.9 Å². The van der Waals surface area contributed by atoms with Gasteiger partial charge in [0.25, 0.3) is 5.91 Å². The minimum atomic E-state index is -0.899. The summed E-state index contributed by atoms with van der Waals surface area (Å²) in [6, 6.07) is 20.2. The number of amides is 1. The molecule has 0 unspecified atom stereocenters. The summed E-state index contributed by atoms with van der Waals surface area (Å²) in [4.78, 5) is 31.3. The number of aromatic nitrogens is 2. The van der Waals surface area contributed by atoms with E-state index in [1.54, 1.807) is 24.5 Å². The minimum absolute atomic E-state index is 0.0762. The van der Waals surface area contributed by atoms with Crippen molar-refractivity contribution in [2.45, 2.75) is 110 Å². The van der Waals surface area contributed by atoms with Gasteiger partial charge >= 0.3 is 5.97 Å². The molecular weight excluding hydrogens is 633 g/mol. The molecule has 1 aliphatic rings. The largest absolute Gasteiger partial charge is 0.460 e. The molecule has 2 aromatic heterocycles. The normalized spacial score (nSPS) is 17.5. The van der Waals surface area contributed by atoms with Crippen LogP contribution in [0.2, 0.25) is 0 Å². The highest BCUT2D eigenvalue weighted by atomic mass is 19.1. The fourth-order valence-corrected chi connectivity index (χ4v) is 6.83. The zero-order valence-corrected chi connectivity index (χ0v) is 30.3. The first-order chi connectivity index (χ1) is 23.7. The molecule has 1 aliphatic heterocycles.